The number of nitrogens with one attached hydrogen (secondary N) is 1. The number of guanidine groups is 1. The third kappa shape index (κ3) is 5.24. The van der Waals surface area contributed by atoms with Crippen molar-refractivity contribution in [2.45, 2.75) is 19.1 Å². The summed E-state index contributed by atoms with van der Waals surface area (Å²) < 4.78 is 51.6. The van der Waals surface area contributed by atoms with Crippen LogP contribution in [0.25, 0.3) is 0 Å². The highest BCUT2D eigenvalue weighted by atomic mass is 32.1. The molecule has 1 aromatic heterocycles. The van der Waals surface area contributed by atoms with Gasteiger partial charge in [0.05, 0.1) is 12.1 Å². The minimum atomic E-state index is -4.63. The third-order valence-corrected chi connectivity index (χ3v) is 3.99. The maximum absolute atomic E-state index is 13.0. The Bertz CT molecular complexity index is 666. The van der Waals surface area contributed by atoms with Gasteiger partial charge in [-0.3, -0.25) is 0 Å². The molecule has 0 saturated carbocycles. The lowest BCUT2D eigenvalue weighted by molar-refractivity contribution is -0.138. The van der Waals surface area contributed by atoms with Gasteiger partial charge < -0.3 is 11.1 Å². The van der Waals surface area contributed by atoms with Gasteiger partial charge in [0.2, 0.25) is 0 Å². The average Bonchev–Trinajstić information content (AvgIpc) is 2.98. The van der Waals surface area contributed by atoms with E-state index < -0.39 is 17.6 Å². The van der Waals surface area contributed by atoms with Crippen LogP contribution in [0.2, 0.25) is 0 Å². The average molecular weight is 345 g/mol. The molecule has 1 aromatic carbocycles. The third-order valence-electron chi connectivity index (χ3n) is 3.05. The molecule has 0 unspecified atom stereocenters. The standard InChI is InChI=1S/C15H15F4N3S/c16-11-4-3-10(13(8-11)15(17,18)19)9-22-14(20)21-6-5-12-2-1-7-23-12/h1-4,7-8H,5-6,9H2,(H3,20,21,22). The number of rotatable bonds is 5. The van der Waals surface area contributed by atoms with Gasteiger partial charge in [0.25, 0.3) is 0 Å². The van der Waals surface area contributed by atoms with Crippen molar-refractivity contribution in [1.82, 2.24) is 5.32 Å². The Balaban J connectivity index is 1.96. The Morgan fingerprint density at radius 2 is 2.04 bits per heavy atom. The summed E-state index contributed by atoms with van der Waals surface area (Å²) >= 11 is 1.61. The number of thiophene rings is 1. The van der Waals surface area contributed by atoms with Crippen molar-refractivity contribution in [3.63, 3.8) is 0 Å². The molecule has 0 aliphatic rings. The molecule has 0 atom stereocenters. The van der Waals surface area contributed by atoms with Gasteiger partial charge >= 0.3 is 6.18 Å². The quantitative estimate of drug-likeness (QED) is 0.495. The van der Waals surface area contributed by atoms with Crippen LogP contribution in [-0.2, 0) is 19.1 Å². The minimum Gasteiger partial charge on any atom is -0.370 e. The molecule has 0 amide bonds. The Labute approximate surface area is 134 Å². The van der Waals surface area contributed by atoms with E-state index in [-0.39, 0.29) is 18.1 Å². The Hall–Kier alpha value is -2.09. The predicted octanol–water partition coefficient (Wildman–Crippen LogP) is 3.55. The number of nitrogens with two attached hydrogens (primary N) is 1. The molecule has 0 aliphatic carbocycles. The predicted molar refractivity (Wildman–Crippen MR) is 82.8 cm³/mol. The SMILES string of the molecule is NC(=NCc1ccc(F)cc1C(F)(F)F)NCCc1cccs1. The molecule has 0 saturated heterocycles. The molecule has 124 valence electrons. The molecule has 3 nitrogen and oxygen atoms in total. The second-order valence-electron chi connectivity index (χ2n) is 4.76. The van der Waals surface area contributed by atoms with Crippen LogP contribution in [0.5, 0.6) is 0 Å². The first kappa shape index (κ1) is 17.3. The van der Waals surface area contributed by atoms with Crippen LogP contribution in [-0.4, -0.2) is 12.5 Å². The number of benzene rings is 1. The monoisotopic (exact) mass is 345 g/mol. The van der Waals surface area contributed by atoms with Crippen LogP contribution in [0.1, 0.15) is 16.0 Å². The van der Waals surface area contributed by atoms with Crippen molar-refractivity contribution < 1.29 is 17.6 Å². The van der Waals surface area contributed by atoms with E-state index in [1.165, 1.54) is 4.88 Å². The van der Waals surface area contributed by atoms with Gasteiger partial charge in [0.1, 0.15) is 5.82 Å². The lowest BCUT2D eigenvalue weighted by Crippen LogP contribution is -2.33. The molecule has 0 bridgehead atoms. The fraction of sp³-hybridized carbons (Fsp3) is 0.267. The minimum absolute atomic E-state index is 0.0546. The highest BCUT2D eigenvalue weighted by Gasteiger charge is 2.33. The summed E-state index contributed by atoms with van der Waals surface area (Å²) in [5, 5.41) is 4.80. The fourth-order valence-corrected chi connectivity index (χ4v) is 2.65. The van der Waals surface area contributed by atoms with Crippen LogP contribution in [0.3, 0.4) is 0 Å². The smallest absolute Gasteiger partial charge is 0.370 e. The first-order valence-electron chi connectivity index (χ1n) is 6.78. The van der Waals surface area contributed by atoms with Crippen molar-refractivity contribution in [3.8, 4) is 0 Å². The van der Waals surface area contributed by atoms with E-state index in [2.05, 4.69) is 10.3 Å². The summed E-state index contributed by atoms with van der Waals surface area (Å²) in [6, 6.07) is 6.42. The lowest BCUT2D eigenvalue weighted by Gasteiger charge is -2.12. The summed E-state index contributed by atoms with van der Waals surface area (Å²) in [5.74, 6) is -0.883. The molecule has 0 spiro atoms. The van der Waals surface area contributed by atoms with Crippen LogP contribution in [0.15, 0.2) is 40.7 Å². The van der Waals surface area contributed by atoms with E-state index in [4.69, 9.17) is 5.73 Å². The second-order valence-corrected chi connectivity index (χ2v) is 5.79. The largest absolute Gasteiger partial charge is 0.416 e. The first-order chi connectivity index (χ1) is 10.9. The summed E-state index contributed by atoms with van der Waals surface area (Å²) in [4.78, 5) is 5.05. The van der Waals surface area contributed by atoms with E-state index in [1.807, 2.05) is 17.5 Å². The molecule has 0 aliphatic heterocycles. The molecule has 1 heterocycles. The fourth-order valence-electron chi connectivity index (χ4n) is 1.95. The molecular formula is C15H15F4N3S. The van der Waals surface area contributed by atoms with E-state index >= 15 is 0 Å². The molecule has 0 radical (unpaired) electrons. The van der Waals surface area contributed by atoms with Gasteiger partial charge in [0.15, 0.2) is 5.96 Å². The van der Waals surface area contributed by atoms with E-state index in [1.54, 1.807) is 11.3 Å². The van der Waals surface area contributed by atoms with Crippen LogP contribution >= 0.6 is 11.3 Å². The number of hydrogen-bond donors (Lipinski definition) is 2. The molecule has 23 heavy (non-hydrogen) atoms. The molecule has 2 aromatic rings. The van der Waals surface area contributed by atoms with E-state index in [0.717, 1.165) is 18.6 Å². The van der Waals surface area contributed by atoms with Gasteiger partial charge in [-0.1, -0.05) is 12.1 Å². The number of alkyl halides is 3. The maximum Gasteiger partial charge on any atom is 0.416 e. The van der Waals surface area contributed by atoms with Crippen molar-refractivity contribution >= 4 is 17.3 Å². The molecule has 0 fully saturated rings. The summed E-state index contributed by atoms with van der Waals surface area (Å²) in [5.41, 5.74) is 4.48. The zero-order valence-corrected chi connectivity index (χ0v) is 12.8. The van der Waals surface area contributed by atoms with Crippen molar-refractivity contribution in [1.29, 1.82) is 0 Å². The highest BCUT2D eigenvalue weighted by molar-refractivity contribution is 7.09. The van der Waals surface area contributed by atoms with Gasteiger partial charge in [-0.15, -0.1) is 11.3 Å². The number of halogens is 4. The zero-order chi connectivity index (χ0) is 16.9. The second kappa shape index (κ2) is 7.45. The molecule has 2 rings (SSSR count). The summed E-state index contributed by atoms with van der Waals surface area (Å²) in [6.07, 6.45) is -3.88. The number of aliphatic imine (C=N–C) groups is 1. The Kier molecular flexibility index (Phi) is 5.59. The Morgan fingerprint density at radius 1 is 1.26 bits per heavy atom. The zero-order valence-electron chi connectivity index (χ0n) is 12.0. The van der Waals surface area contributed by atoms with Crippen molar-refractivity contribution in [2.75, 3.05) is 6.54 Å². The lowest BCUT2D eigenvalue weighted by atomic mass is 10.1. The highest BCUT2D eigenvalue weighted by Crippen LogP contribution is 2.32. The van der Waals surface area contributed by atoms with Crippen molar-refractivity contribution in [3.05, 3.63) is 57.5 Å². The number of nitrogens with zero attached hydrogens (tertiary/aromatic N) is 1. The summed E-state index contributed by atoms with van der Waals surface area (Å²) in [7, 11) is 0. The molecule has 8 heteroatoms. The topological polar surface area (TPSA) is 50.4 Å². The van der Waals surface area contributed by atoms with Gasteiger partial charge in [-0.2, -0.15) is 13.2 Å². The summed E-state index contributed by atoms with van der Waals surface area (Å²) in [6.45, 7) is 0.262. The van der Waals surface area contributed by atoms with Gasteiger partial charge in [0, 0.05) is 11.4 Å². The van der Waals surface area contributed by atoms with Crippen LogP contribution in [0.4, 0.5) is 17.6 Å². The maximum atomic E-state index is 13.0. The van der Waals surface area contributed by atoms with Gasteiger partial charge in [-0.25, -0.2) is 9.38 Å². The van der Waals surface area contributed by atoms with E-state index in [0.29, 0.717) is 12.6 Å². The van der Waals surface area contributed by atoms with Gasteiger partial charge in [-0.05, 0) is 35.6 Å². The molecular weight excluding hydrogens is 330 g/mol. The van der Waals surface area contributed by atoms with Crippen LogP contribution in [0, 0.1) is 5.82 Å². The normalized spacial score (nSPS) is 12.4. The van der Waals surface area contributed by atoms with Crippen LogP contribution < -0.4 is 11.1 Å². The first-order valence-corrected chi connectivity index (χ1v) is 7.66. The Morgan fingerprint density at radius 3 is 2.70 bits per heavy atom. The molecule has 3 N–H and O–H groups in total. The number of hydrogen-bond acceptors (Lipinski definition) is 2. The van der Waals surface area contributed by atoms with E-state index in [9.17, 15) is 17.6 Å². The van der Waals surface area contributed by atoms with Crippen molar-refractivity contribution in [2.24, 2.45) is 10.7 Å².